The molecule has 1 aromatic heterocycles. The molecule has 0 aliphatic rings. The third-order valence-corrected chi connectivity index (χ3v) is 2.25. The fraction of sp³-hybridized carbons (Fsp3) is 0. The number of nitrogens with zero attached hydrogens (tertiary/aromatic N) is 3. The van der Waals surface area contributed by atoms with Gasteiger partial charge in [0.25, 0.3) is 5.69 Å². The number of benzene rings is 1. The summed E-state index contributed by atoms with van der Waals surface area (Å²) in [4.78, 5) is 17.5. The normalized spacial score (nSPS) is 10.1. The molecule has 8 heteroatoms. The SMILES string of the molecule is Nc1ncc(Cl)c(Oc2ccc([N+](=O)[O-])cc2)n1. The lowest BCUT2D eigenvalue weighted by Crippen LogP contribution is -1.97. The van der Waals surface area contributed by atoms with Crippen LogP contribution in [0, 0.1) is 10.1 Å². The molecular formula is C10H7ClN4O3. The Bertz CT molecular complexity index is 588. The number of hydrogen-bond donors (Lipinski definition) is 1. The van der Waals surface area contributed by atoms with Crippen molar-refractivity contribution in [2.75, 3.05) is 5.73 Å². The molecule has 18 heavy (non-hydrogen) atoms. The van der Waals surface area contributed by atoms with Gasteiger partial charge in [0.2, 0.25) is 11.8 Å². The minimum absolute atomic E-state index is 0.0244. The van der Waals surface area contributed by atoms with E-state index in [1.54, 1.807) is 0 Å². The molecule has 2 N–H and O–H groups in total. The molecule has 0 saturated heterocycles. The molecule has 0 amide bonds. The number of nitrogens with two attached hydrogens (primary N) is 1. The number of halogens is 1. The lowest BCUT2D eigenvalue weighted by atomic mass is 10.3. The Kier molecular flexibility index (Phi) is 3.24. The van der Waals surface area contributed by atoms with Gasteiger partial charge in [0.1, 0.15) is 10.8 Å². The average molecular weight is 267 g/mol. The summed E-state index contributed by atoms with van der Waals surface area (Å²) in [5, 5.41) is 10.7. The predicted octanol–water partition coefficient (Wildman–Crippen LogP) is 2.41. The third-order valence-electron chi connectivity index (χ3n) is 1.99. The molecule has 0 radical (unpaired) electrons. The van der Waals surface area contributed by atoms with Crippen molar-refractivity contribution in [3.63, 3.8) is 0 Å². The molecule has 0 bridgehead atoms. The van der Waals surface area contributed by atoms with Crippen LogP contribution in [0.1, 0.15) is 0 Å². The molecule has 92 valence electrons. The Morgan fingerprint density at radius 1 is 1.33 bits per heavy atom. The van der Waals surface area contributed by atoms with Gasteiger partial charge < -0.3 is 10.5 Å². The number of ether oxygens (including phenoxy) is 1. The van der Waals surface area contributed by atoms with E-state index in [0.29, 0.717) is 5.75 Å². The van der Waals surface area contributed by atoms with Crippen LogP contribution >= 0.6 is 11.6 Å². The van der Waals surface area contributed by atoms with Gasteiger partial charge in [0.15, 0.2) is 0 Å². The second-order valence-corrected chi connectivity index (χ2v) is 3.64. The van der Waals surface area contributed by atoms with Crippen LogP contribution in [0.5, 0.6) is 11.6 Å². The number of rotatable bonds is 3. The van der Waals surface area contributed by atoms with E-state index in [1.165, 1.54) is 30.5 Å². The number of anilines is 1. The molecule has 0 aliphatic carbocycles. The fourth-order valence-electron chi connectivity index (χ4n) is 1.18. The van der Waals surface area contributed by atoms with Gasteiger partial charge in [0.05, 0.1) is 11.1 Å². The molecule has 1 aromatic carbocycles. The summed E-state index contributed by atoms with van der Waals surface area (Å²) in [6.07, 6.45) is 1.31. The Morgan fingerprint density at radius 2 is 2.00 bits per heavy atom. The quantitative estimate of drug-likeness (QED) is 0.676. The van der Waals surface area contributed by atoms with Gasteiger partial charge in [-0.25, -0.2) is 4.98 Å². The number of non-ortho nitro benzene ring substituents is 1. The summed E-state index contributed by atoms with van der Waals surface area (Å²) in [5.74, 6) is 0.481. The van der Waals surface area contributed by atoms with Crippen LogP contribution in [0.3, 0.4) is 0 Å². The van der Waals surface area contributed by atoms with E-state index >= 15 is 0 Å². The van der Waals surface area contributed by atoms with Crippen molar-refractivity contribution >= 4 is 23.2 Å². The minimum atomic E-state index is -0.501. The first kappa shape index (κ1) is 12.1. The van der Waals surface area contributed by atoms with Crippen molar-refractivity contribution in [2.45, 2.75) is 0 Å². The van der Waals surface area contributed by atoms with E-state index in [2.05, 4.69) is 9.97 Å². The van der Waals surface area contributed by atoms with Crippen molar-refractivity contribution in [1.82, 2.24) is 9.97 Å². The highest BCUT2D eigenvalue weighted by atomic mass is 35.5. The fourth-order valence-corrected chi connectivity index (χ4v) is 1.31. The van der Waals surface area contributed by atoms with Crippen LogP contribution in [0.15, 0.2) is 30.5 Å². The molecule has 2 aromatic rings. The second-order valence-electron chi connectivity index (χ2n) is 3.23. The molecule has 0 saturated carbocycles. The summed E-state index contributed by atoms with van der Waals surface area (Å²) in [7, 11) is 0. The number of nitrogen functional groups attached to an aromatic ring is 1. The van der Waals surface area contributed by atoms with Crippen molar-refractivity contribution in [3.05, 3.63) is 45.6 Å². The molecule has 7 nitrogen and oxygen atoms in total. The summed E-state index contributed by atoms with van der Waals surface area (Å²) in [6.45, 7) is 0. The van der Waals surface area contributed by atoms with E-state index < -0.39 is 4.92 Å². The highest BCUT2D eigenvalue weighted by Gasteiger charge is 2.08. The highest BCUT2D eigenvalue weighted by molar-refractivity contribution is 6.31. The van der Waals surface area contributed by atoms with Crippen LogP contribution in [0.4, 0.5) is 11.6 Å². The lowest BCUT2D eigenvalue weighted by Gasteiger charge is -2.05. The highest BCUT2D eigenvalue weighted by Crippen LogP contribution is 2.27. The van der Waals surface area contributed by atoms with Crippen LogP contribution < -0.4 is 10.5 Å². The van der Waals surface area contributed by atoms with Crippen LogP contribution in [-0.4, -0.2) is 14.9 Å². The van der Waals surface area contributed by atoms with E-state index in [4.69, 9.17) is 22.1 Å². The van der Waals surface area contributed by atoms with E-state index in [0.717, 1.165) is 0 Å². The van der Waals surface area contributed by atoms with Crippen molar-refractivity contribution in [3.8, 4) is 11.6 Å². The van der Waals surface area contributed by atoms with Gasteiger partial charge in [-0.3, -0.25) is 10.1 Å². The number of nitro benzene ring substituents is 1. The molecule has 0 atom stereocenters. The minimum Gasteiger partial charge on any atom is -0.437 e. The van der Waals surface area contributed by atoms with E-state index in [-0.39, 0.29) is 22.5 Å². The largest absolute Gasteiger partial charge is 0.437 e. The maximum absolute atomic E-state index is 10.5. The van der Waals surface area contributed by atoms with Gasteiger partial charge in [0, 0.05) is 12.1 Å². The maximum Gasteiger partial charge on any atom is 0.269 e. The van der Waals surface area contributed by atoms with Gasteiger partial charge in [-0.15, -0.1) is 0 Å². The Labute approximate surface area is 106 Å². The summed E-state index contributed by atoms with van der Waals surface area (Å²) >= 11 is 5.81. The molecule has 0 spiro atoms. The molecule has 0 fully saturated rings. The van der Waals surface area contributed by atoms with Crippen molar-refractivity contribution in [2.24, 2.45) is 0 Å². The molecule has 1 heterocycles. The van der Waals surface area contributed by atoms with E-state index in [1.807, 2.05) is 0 Å². The zero-order chi connectivity index (χ0) is 13.1. The number of aromatic nitrogens is 2. The summed E-state index contributed by atoms with van der Waals surface area (Å²) in [5.41, 5.74) is 5.36. The van der Waals surface area contributed by atoms with Crippen molar-refractivity contribution < 1.29 is 9.66 Å². The van der Waals surface area contributed by atoms with E-state index in [9.17, 15) is 10.1 Å². The van der Waals surface area contributed by atoms with Crippen LogP contribution in [0.25, 0.3) is 0 Å². The Morgan fingerprint density at radius 3 is 2.61 bits per heavy atom. The first-order valence-electron chi connectivity index (χ1n) is 4.76. The standard InChI is InChI=1S/C10H7ClN4O3/c11-8-5-13-10(12)14-9(8)18-7-3-1-6(2-4-7)15(16)17/h1-5H,(H2,12,13,14). The maximum atomic E-state index is 10.5. The monoisotopic (exact) mass is 266 g/mol. The van der Waals surface area contributed by atoms with Gasteiger partial charge in [-0.2, -0.15) is 4.98 Å². The first-order chi connectivity index (χ1) is 8.56. The molecule has 0 unspecified atom stereocenters. The average Bonchev–Trinajstić information content (AvgIpc) is 2.34. The molecule has 2 rings (SSSR count). The molecule has 0 aliphatic heterocycles. The first-order valence-corrected chi connectivity index (χ1v) is 5.14. The lowest BCUT2D eigenvalue weighted by molar-refractivity contribution is -0.384. The zero-order valence-electron chi connectivity index (χ0n) is 8.91. The predicted molar refractivity (Wildman–Crippen MR) is 64.6 cm³/mol. The van der Waals surface area contributed by atoms with Crippen LogP contribution in [0.2, 0.25) is 5.02 Å². The number of nitro groups is 1. The van der Waals surface area contributed by atoms with Gasteiger partial charge in [-0.1, -0.05) is 11.6 Å². The summed E-state index contributed by atoms with van der Waals surface area (Å²) < 4.78 is 5.34. The smallest absolute Gasteiger partial charge is 0.269 e. The third kappa shape index (κ3) is 2.64. The zero-order valence-corrected chi connectivity index (χ0v) is 9.66. The Balaban J connectivity index is 2.23. The molecular weight excluding hydrogens is 260 g/mol. The topological polar surface area (TPSA) is 104 Å². The van der Waals surface area contributed by atoms with Crippen LogP contribution in [-0.2, 0) is 0 Å². The van der Waals surface area contributed by atoms with Gasteiger partial charge in [-0.05, 0) is 12.1 Å². The Hall–Kier alpha value is -2.41. The van der Waals surface area contributed by atoms with Crippen molar-refractivity contribution in [1.29, 1.82) is 0 Å². The summed E-state index contributed by atoms with van der Waals surface area (Å²) in [6, 6.07) is 5.50. The van der Waals surface area contributed by atoms with Gasteiger partial charge >= 0.3 is 0 Å². The number of hydrogen-bond acceptors (Lipinski definition) is 6. The second kappa shape index (κ2) is 4.84.